The maximum absolute atomic E-state index is 12.4. The first kappa shape index (κ1) is 15.0. The van der Waals surface area contributed by atoms with Gasteiger partial charge in [0.05, 0.1) is 5.39 Å². The van der Waals surface area contributed by atoms with Gasteiger partial charge in [0, 0.05) is 17.4 Å². The van der Waals surface area contributed by atoms with E-state index in [9.17, 15) is 4.79 Å². The van der Waals surface area contributed by atoms with E-state index >= 15 is 0 Å². The van der Waals surface area contributed by atoms with Crippen molar-refractivity contribution in [3.8, 4) is 11.1 Å². The van der Waals surface area contributed by atoms with Crippen molar-refractivity contribution in [2.24, 2.45) is 0 Å². The maximum Gasteiger partial charge on any atom is 0.260 e. The second kappa shape index (κ2) is 5.36. The van der Waals surface area contributed by atoms with E-state index in [1.165, 1.54) is 16.9 Å². The second-order valence-corrected chi connectivity index (χ2v) is 7.38. The largest absolute Gasteiger partial charge is 0.310 e. The summed E-state index contributed by atoms with van der Waals surface area (Å²) in [5.41, 5.74) is 3.41. The number of H-pyrrole nitrogens is 1. The van der Waals surface area contributed by atoms with Gasteiger partial charge in [-0.3, -0.25) is 4.79 Å². The van der Waals surface area contributed by atoms with Crippen molar-refractivity contribution in [2.75, 3.05) is 0 Å². The number of aromatic nitrogens is 2. The first-order valence-corrected chi connectivity index (χ1v) is 8.39. The lowest BCUT2D eigenvalue weighted by atomic mass is 9.86. The van der Waals surface area contributed by atoms with Gasteiger partial charge in [-0.15, -0.1) is 11.3 Å². The average Bonchev–Trinajstić information content (AvgIpc) is 2.90. The Balaban J connectivity index is 2.13. The number of hydrogen-bond donors (Lipinski definition) is 1. The van der Waals surface area contributed by atoms with Crippen LogP contribution in [0.2, 0.25) is 0 Å². The van der Waals surface area contributed by atoms with E-state index in [4.69, 9.17) is 0 Å². The Labute approximate surface area is 134 Å². The van der Waals surface area contributed by atoms with Crippen LogP contribution in [0.5, 0.6) is 0 Å². The van der Waals surface area contributed by atoms with E-state index < -0.39 is 0 Å². The Kier molecular flexibility index (Phi) is 3.65. The van der Waals surface area contributed by atoms with Gasteiger partial charge in [0.25, 0.3) is 5.56 Å². The second-order valence-electron chi connectivity index (χ2n) is 6.52. The molecule has 0 amide bonds. The molecule has 1 N–H and O–H groups in total. The molecule has 2 aromatic heterocycles. The molecule has 0 atom stereocenters. The number of nitrogens with one attached hydrogen (secondary N) is 1. The molecule has 0 aliphatic heterocycles. The Morgan fingerprint density at radius 3 is 2.45 bits per heavy atom. The van der Waals surface area contributed by atoms with E-state index in [-0.39, 0.29) is 11.0 Å². The van der Waals surface area contributed by atoms with Crippen LogP contribution in [-0.2, 0) is 11.8 Å². The highest BCUT2D eigenvalue weighted by Gasteiger charge is 2.15. The number of thiophene rings is 1. The molecule has 0 radical (unpaired) electrons. The standard InChI is InChI=1S/C18H20N2OS/c1-5-14-19-16(21)15-13(10-22-17(15)20-14)11-6-8-12(9-7-11)18(2,3)4/h6-10H,5H2,1-4H3,(H,19,20,21). The molecule has 0 spiro atoms. The van der Waals surface area contributed by atoms with Crippen molar-refractivity contribution in [1.82, 2.24) is 9.97 Å². The molecule has 22 heavy (non-hydrogen) atoms. The molecular weight excluding hydrogens is 292 g/mol. The number of benzene rings is 1. The summed E-state index contributed by atoms with van der Waals surface area (Å²) in [7, 11) is 0. The van der Waals surface area contributed by atoms with Crippen molar-refractivity contribution in [1.29, 1.82) is 0 Å². The fraction of sp³-hybridized carbons (Fsp3) is 0.333. The third-order valence-electron chi connectivity index (χ3n) is 3.89. The van der Waals surface area contributed by atoms with Crippen LogP contribution in [-0.4, -0.2) is 9.97 Å². The Hall–Kier alpha value is -1.94. The quantitative estimate of drug-likeness (QED) is 0.756. The molecule has 0 bridgehead atoms. The van der Waals surface area contributed by atoms with Gasteiger partial charge in [0.15, 0.2) is 0 Å². The van der Waals surface area contributed by atoms with Crippen LogP contribution in [0.3, 0.4) is 0 Å². The highest BCUT2D eigenvalue weighted by atomic mass is 32.1. The number of nitrogens with zero attached hydrogens (tertiary/aromatic N) is 1. The van der Waals surface area contributed by atoms with E-state index in [1.807, 2.05) is 12.3 Å². The predicted octanol–water partition coefficient (Wildman–Crippen LogP) is 4.51. The fourth-order valence-electron chi connectivity index (χ4n) is 2.52. The van der Waals surface area contributed by atoms with Gasteiger partial charge in [0.2, 0.25) is 0 Å². The van der Waals surface area contributed by atoms with Crippen molar-refractivity contribution < 1.29 is 0 Å². The van der Waals surface area contributed by atoms with Crippen LogP contribution in [0.4, 0.5) is 0 Å². The summed E-state index contributed by atoms with van der Waals surface area (Å²) >= 11 is 1.53. The van der Waals surface area contributed by atoms with Gasteiger partial charge in [-0.1, -0.05) is 52.0 Å². The molecule has 0 unspecified atom stereocenters. The Bertz CT molecular complexity index is 867. The summed E-state index contributed by atoms with van der Waals surface area (Å²) in [5, 5.41) is 2.73. The Morgan fingerprint density at radius 1 is 1.18 bits per heavy atom. The third kappa shape index (κ3) is 2.59. The lowest BCUT2D eigenvalue weighted by Crippen LogP contribution is -2.11. The van der Waals surface area contributed by atoms with Crippen LogP contribution in [0.1, 0.15) is 39.1 Å². The summed E-state index contributed by atoms with van der Waals surface area (Å²) < 4.78 is 0. The first-order valence-electron chi connectivity index (χ1n) is 7.51. The van der Waals surface area contributed by atoms with Crippen LogP contribution in [0.25, 0.3) is 21.3 Å². The fourth-order valence-corrected chi connectivity index (χ4v) is 3.49. The van der Waals surface area contributed by atoms with Gasteiger partial charge < -0.3 is 4.98 Å². The van der Waals surface area contributed by atoms with E-state index in [1.54, 1.807) is 0 Å². The monoisotopic (exact) mass is 312 g/mol. The lowest BCUT2D eigenvalue weighted by Gasteiger charge is -2.19. The summed E-state index contributed by atoms with van der Waals surface area (Å²) in [6, 6.07) is 8.46. The molecule has 0 saturated carbocycles. The molecule has 3 nitrogen and oxygen atoms in total. The number of aryl methyl sites for hydroxylation is 1. The summed E-state index contributed by atoms with van der Waals surface area (Å²) in [6.07, 6.45) is 0.735. The first-order chi connectivity index (χ1) is 10.4. The zero-order valence-electron chi connectivity index (χ0n) is 13.4. The number of hydrogen-bond acceptors (Lipinski definition) is 3. The molecule has 0 fully saturated rings. The van der Waals surface area contributed by atoms with E-state index in [0.29, 0.717) is 5.39 Å². The number of rotatable bonds is 2. The van der Waals surface area contributed by atoms with Crippen molar-refractivity contribution in [2.45, 2.75) is 39.5 Å². The van der Waals surface area contributed by atoms with Gasteiger partial charge in [-0.05, 0) is 16.5 Å². The SMILES string of the molecule is CCc1nc2scc(-c3ccc(C(C)(C)C)cc3)c2c(=O)[nH]1. The lowest BCUT2D eigenvalue weighted by molar-refractivity contribution is 0.590. The average molecular weight is 312 g/mol. The molecule has 3 aromatic rings. The molecule has 1 aromatic carbocycles. The number of fused-ring (bicyclic) bond motifs is 1. The minimum absolute atomic E-state index is 0.0435. The normalized spacial score (nSPS) is 12.0. The molecule has 4 heteroatoms. The predicted molar refractivity (Wildman–Crippen MR) is 93.8 cm³/mol. The van der Waals surface area contributed by atoms with E-state index in [0.717, 1.165) is 28.2 Å². The molecular formula is C18H20N2OS. The molecule has 2 heterocycles. The molecule has 0 aliphatic rings. The number of aromatic amines is 1. The van der Waals surface area contributed by atoms with Crippen molar-refractivity contribution >= 4 is 21.6 Å². The maximum atomic E-state index is 12.4. The van der Waals surface area contributed by atoms with E-state index in [2.05, 4.69) is 55.0 Å². The van der Waals surface area contributed by atoms with Crippen molar-refractivity contribution in [3.63, 3.8) is 0 Å². The molecule has 114 valence electrons. The highest BCUT2D eigenvalue weighted by Crippen LogP contribution is 2.32. The minimum atomic E-state index is -0.0435. The van der Waals surface area contributed by atoms with Crippen LogP contribution in [0.15, 0.2) is 34.4 Å². The smallest absolute Gasteiger partial charge is 0.260 e. The third-order valence-corrected chi connectivity index (χ3v) is 4.76. The topological polar surface area (TPSA) is 45.8 Å². The van der Waals surface area contributed by atoms with Gasteiger partial charge in [-0.25, -0.2) is 4.98 Å². The van der Waals surface area contributed by atoms with Crippen molar-refractivity contribution in [3.05, 3.63) is 51.4 Å². The highest BCUT2D eigenvalue weighted by molar-refractivity contribution is 7.17. The van der Waals surface area contributed by atoms with Crippen LogP contribution >= 0.6 is 11.3 Å². The Morgan fingerprint density at radius 2 is 1.86 bits per heavy atom. The molecule has 0 saturated heterocycles. The van der Waals surface area contributed by atoms with Crippen LogP contribution in [0, 0.1) is 0 Å². The van der Waals surface area contributed by atoms with Gasteiger partial charge in [-0.2, -0.15) is 0 Å². The minimum Gasteiger partial charge on any atom is -0.310 e. The van der Waals surface area contributed by atoms with Gasteiger partial charge in [0.1, 0.15) is 10.7 Å². The molecule has 3 rings (SSSR count). The van der Waals surface area contributed by atoms with Gasteiger partial charge >= 0.3 is 0 Å². The summed E-state index contributed by atoms with van der Waals surface area (Å²) in [6.45, 7) is 8.58. The summed E-state index contributed by atoms with van der Waals surface area (Å²) in [5.74, 6) is 0.744. The summed E-state index contributed by atoms with van der Waals surface area (Å²) in [4.78, 5) is 20.6. The zero-order chi connectivity index (χ0) is 15.9. The molecule has 0 aliphatic carbocycles. The van der Waals surface area contributed by atoms with Crippen LogP contribution < -0.4 is 5.56 Å². The zero-order valence-corrected chi connectivity index (χ0v) is 14.2.